The highest BCUT2D eigenvalue weighted by Gasteiger charge is 2.23. The van der Waals surface area contributed by atoms with Crippen molar-refractivity contribution < 1.29 is 14.3 Å². The lowest BCUT2D eigenvalue weighted by atomic mass is 10.1. The minimum atomic E-state index is -0.163. The Morgan fingerprint density at radius 1 is 1.17 bits per heavy atom. The molecule has 1 heterocycles. The maximum atomic E-state index is 12.3. The van der Waals surface area contributed by atoms with E-state index in [1.165, 1.54) is 0 Å². The van der Waals surface area contributed by atoms with Gasteiger partial charge < -0.3 is 14.4 Å². The zero-order chi connectivity index (χ0) is 16.2. The van der Waals surface area contributed by atoms with Crippen LogP contribution in [0.25, 0.3) is 0 Å². The van der Waals surface area contributed by atoms with Crippen LogP contribution in [-0.4, -0.2) is 37.1 Å². The molecule has 0 aromatic heterocycles. The first kappa shape index (κ1) is 15.7. The van der Waals surface area contributed by atoms with E-state index >= 15 is 0 Å². The molecule has 0 fully saturated rings. The van der Waals surface area contributed by atoms with E-state index in [1.54, 1.807) is 24.1 Å². The predicted molar refractivity (Wildman–Crippen MR) is 89.1 cm³/mol. The first-order chi connectivity index (χ1) is 11.1. The van der Waals surface area contributed by atoms with Crippen LogP contribution in [0.5, 0.6) is 11.5 Å². The number of rotatable bonds is 4. The summed E-state index contributed by atoms with van der Waals surface area (Å²) in [6.45, 7) is 0.927. The number of amides is 1. The van der Waals surface area contributed by atoms with Gasteiger partial charge >= 0.3 is 0 Å². The number of nitrogens with zero attached hydrogens (tertiary/aromatic N) is 1. The number of likely N-dealkylation sites (N-methyl/N-ethyl adjacent to an activating group) is 1. The fraction of sp³-hybridized carbons (Fsp3) is 0.278. The predicted octanol–water partition coefficient (Wildman–Crippen LogP) is 3.18. The molecule has 0 N–H and O–H groups in total. The average Bonchev–Trinajstić information content (AvgIpc) is 2.56. The van der Waals surface area contributed by atoms with Crippen molar-refractivity contribution in [1.82, 2.24) is 4.90 Å². The fourth-order valence-electron chi connectivity index (χ4n) is 2.47. The van der Waals surface area contributed by atoms with Crippen molar-refractivity contribution in [3.05, 3.63) is 59.1 Å². The van der Waals surface area contributed by atoms with Crippen molar-refractivity contribution in [3.63, 3.8) is 0 Å². The van der Waals surface area contributed by atoms with E-state index < -0.39 is 0 Å². The van der Waals surface area contributed by atoms with Gasteiger partial charge in [0, 0.05) is 12.1 Å². The highest BCUT2D eigenvalue weighted by atomic mass is 35.5. The lowest BCUT2D eigenvalue weighted by molar-refractivity contribution is -0.130. The summed E-state index contributed by atoms with van der Waals surface area (Å²) in [5.41, 5.74) is 0.942. The molecule has 1 aliphatic rings. The standard InChI is InChI=1S/C18H18ClNO3/c1-20(18(21)10-13-6-8-14(19)9-7-13)11-15-12-22-16-4-2-3-5-17(16)23-15/h2-9,15H,10-12H2,1H3. The van der Waals surface area contributed by atoms with Crippen LogP contribution in [0.1, 0.15) is 5.56 Å². The summed E-state index contributed by atoms with van der Waals surface area (Å²) >= 11 is 5.86. The Balaban J connectivity index is 1.56. The Morgan fingerprint density at radius 2 is 1.87 bits per heavy atom. The number of benzene rings is 2. The Bertz CT molecular complexity index is 687. The van der Waals surface area contributed by atoms with Crippen molar-refractivity contribution in [2.45, 2.75) is 12.5 Å². The number of carbonyl (C=O) groups excluding carboxylic acids is 1. The molecule has 23 heavy (non-hydrogen) atoms. The number of hydrogen-bond donors (Lipinski definition) is 0. The molecule has 5 heteroatoms. The molecule has 0 radical (unpaired) electrons. The summed E-state index contributed by atoms with van der Waals surface area (Å²) in [5, 5.41) is 0.668. The molecule has 1 amide bonds. The second-order valence-electron chi connectivity index (χ2n) is 5.58. The summed E-state index contributed by atoms with van der Waals surface area (Å²) in [4.78, 5) is 14.0. The third kappa shape index (κ3) is 3.96. The third-order valence-electron chi connectivity index (χ3n) is 3.74. The van der Waals surface area contributed by atoms with Crippen molar-refractivity contribution >= 4 is 17.5 Å². The van der Waals surface area contributed by atoms with Crippen LogP contribution in [0.2, 0.25) is 5.02 Å². The summed E-state index contributed by atoms with van der Waals surface area (Å²) in [5.74, 6) is 1.51. The van der Waals surface area contributed by atoms with Gasteiger partial charge in [0.05, 0.1) is 13.0 Å². The topological polar surface area (TPSA) is 38.8 Å². The molecule has 4 nitrogen and oxygen atoms in total. The average molecular weight is 332 g/mol. The van der Waals surface area contributed by atoms with Crippen molar-refractivity contribution in [3.8, 4) is 11.5 Å². The Labute approximate surface area is 140 Å². The fourth-order valence-corrected chi connectivity index (χ4v) is 2.60. The largest absolute Gasteiger partial charge is 0.486 e. The second-order valence-corrected chi connectivity index (χ2v) is 6.01. The molecule has 0 spiro atoms. The van der Waals surface area contributed by atoms with Gasteiger partial charge in [-0.1, -0.05) is 35.9 Å². The number of ether oxygens (including phenoxy) is 2. The molecule has 1 atom stereocenters. The normalized spacial score (nSPS) is 16.0. The Morgan fingerprint density at radius 3 is 2.61 bits per heavy atom. The van der Waals surface area contributed by atoms with E-state index in [2.05, 4.69) is 0 Å². The van der Waals surface area contributed by atoms with Gasteiger partial charge in [0.25, 0.3) is 0 Å². The molecule has 1 aliphatic heterocycles. The highest BCUT2D eigenvalue weighted by molar-refractivity contribution is 6.30. The first-order valence-electron chi connectivity index (χ1n) is 7.49. The summed E-state index contributed by atoms with van der Waals surface area (Å²) in [6, 6.07) is 14.9. The van der Waals surface area contributed by atoms with Crippen LogP contribution in [0, 0.1) is 0 Å². The number of hydrogen-bond acceptors (Lipinski definition) is 3. The van der Waals surface area contributed by atoms with Gasteiger partial charge in [0.2, 0.25) is 5.91 Å². The van der Waals surface area contributed by atoms with E-state index in [1.807, 2.05) is 36.4 Å². The van der Waals surface area contributed by atoms with Crippen LogP contribution in [0.15, 0.2) is 48.5 Å². The van der Waals surface area contributed by atoms with Crippen molar-refractivity contribution in [1.29, 1.82) is 0 Å². The van der Waals surface area contributed by atoms with Crippen LogP contribution in [-0.2, 0) is 11.2 Å². The molecule has 0 saturated carbocycles. The zero-order valence-corrected chi connectivity index (χ0v) is 13.6. The van der Waals surface area contributed by atoms with Crippen molar-refractivity contribution in [2.75, 3.05) is 20.2 Å². The highest BCUT2D eigenvalue weighted by Crippen LogP contribution is 2.30. The van der Waals surface area contributed by atoms with E-state index in [0.717, 1.165) is 17.1 Å². The number of carbonyl (C=O) groups is 1. The lowest BCUT2D eigenvalue weighted by Gasteiger charge is -2.29. The van der Waals surface area contributed by atoms with Crippen LogP contribution < -0.4 is 9.47 Å². The number of fused-ring (bicyclic) bond motifs is 1. The quantitative estimate of drug-likeness (QED) is 0.863. The number of halogens is 1. The second kappa shape index (κ2) is 6.92. The molecule has 2 aromatic rings. The van der Waals surface area contributed by atoms with Gasteiger partial charge in [-0.05, 0) is 29.8 Å². The molecule has 2 aromatic carbocycles. The van der Waals surface area contributed by atoms with E-state index in [4.69, 9.17) is 21.1 Å². The van der Waals surface area contributed by atoms with Gasteiger partial charge in [-0.2, -0.15) is 0 Å². The maximum absolute atomic E-state index is 12.3. The molecule has 0 aliphatic carbocycles. The number of para-hydroxylation sites is 2. The third-order valence-corrected chi connectivity index (χ3v) is 3.99. The maximum Gasteiger partial charge on any atom is 0.226 e. The molecular formula is C18H18ClNO3. The zero-order valence-electron chi connectivity index (χ0n) is 12.9. The summed E-state index contributed by atoms with van der Waals surface area (Å²) < 4.78 is 11.6. The molecular weight excluding hydrogens is 314 g/mol. The first-order valence-corrected chi connectivity index (χ1v) is 7.86. The smallest absolute Gasteiger partial charge is 0.226 e. The Kier molecular flexibility index (Phi) is 4.72. The summed E-state index contributed by atoms with van der Waals surface area (Å²) in [6.07, 6.45) is 0.182. The lowest BCUT2D eigenvalue weighted by Crippen LogP contribution is -2.42. The van der Waals surface area contributed by atoms with Gasteiger partial charge in [-0.25, -0.2) is 0 Å². The SMILES string of the molecule is CN(CC1COc2ccccc2O1)C(=O)Cc1ccc(Cl)cc1. The molecule has 120 valence electrons. The van der Waals surface area contributed by atoms with E-state index in [0.29, 0.717) is 24.6 Å². The van der Waals surface area contributed by atoms with Gasteiger partial charge in [-0.15, -0.1) is 0 Å². The molecule has 0 bridgehead atoms. The minimum absolute atomic E-state index is 0.0368. The van der Waals surface area contributed by atoms with Crippen LogP contribution in [0.4, 0.5) is 0 Å². The Hall–Kier alpha value is -2.20. The van der Waals surface area contributed by atoms with Crippen molar-refractivity contribution in [2.24, 2.45) is 0 Å². The van der Waals surface area contributed by atoms with Crippen LogP contribution >= 0.6 is 11.6 Å². The summed E-state index contributed by atoms with van der Waals surface area (Å²) in [7, 11) is 1.78. The van der Waals surface area contributed by atoms with Gasteiger partial charge in [-0.3, -0.25) is 4.79 Å². The van der Waals surface area contributed by atoms with E-state index in [-0.39, 0.29) is 12.0 Å². The molecule has 3 rings (SSSR count). The molecule has 0 saturated heterocycles. The molecule has 1 unspecified atom stereocenters. The monoisotopic (exact) mass is 331 g/mol. The van der Waals surface area contributed by atoms with Crippen LogP contribution in [0.3, 0.4) is 0 Å². The minimum Gasteiger partial charge on any atom is -0.486 e. The van der Waals surface area contributed by atoms with Gasteiger partial charge in [0.1, 0.15) is 6.61 Å². The van der Waals surface area contributed by atoms with E-state index in [9.17, 15) is 4.79 Å². The van der Waals surface area contributed by atoms with Gasteiger partial charge in [0.15, 0.2) is 17.6 Å².